The Kier molecular flexibility index (Phi) is 8.52. The SMILES string of the molecule is Cc1cc(OC(F)(F)C(Cl)Cl)cc(C)c1NC(=O)OCC(Br)CBr. The molecule has 1 unspecified atom stereocenters. The summed E-state index contributed by atoms with van der Waals surface area (Å²) in [6.07, 6.45) is -4.37. The molecule has 0 radical (unpaired) electrons. The van der Waals surface area contributed by atoms with Gasteiger partial charge in [0, 0.05) is 5.33 Å². The van der Waals surface area contributed by atoms with E-state index in [9.17, 15) is 13.6 Å². The van der Waals surface area contributed by atoms with E-state index in [1.165, 1.54) is 12.1 Å². The minimum absolute atomic E-state index is 0.0116. The fraction of sp³-hybridized carbons (Fsp3) is 0.500. The lowest BCUT2D eigenvalue weighted by atomic mass is 10.1. The molecular formula is C14H15Br2Cl2F2NO3. The first-order valence-corrected chi connectivity index (χ1v) is 9.57. The molecule has 0 heterocycles. The summed E-state index contributed by atoms with van der Waals surface area (Å²) < 4.78 is 36.4. The fourth-order valence-corrected chi connectivity index (χ4v) is 2.14. The second-order valence-corrected chi connectivity index (χ2v) is 7.91. The molecule has 1 aromatic rings. The first-order chi connectivity index (χ1) is 11.1. The Hall–Kier alpha value is -0.310. The number of amides is 1. The number of anilines is 1. The van der Waals surface area contributed by atoms with E-state index in [0.717, 1.165) is 0 Å². The lowest BCUT2D eigenvalue weighted by Gasteiger charge is -2.20. The van der Waals surface area contributed by atoms with E-state index < -0.39 is 17.0 Å². The van der Waals surface area contributed by atoms with E-state index in [1.54, 1.807) is 13.8 Å². The first kappa shape index (κ1) is 21.7. The van der Waals surface area contributed by atoms with Crippen molar-refractivity contribution in [3.05, 3.63) is 23.3 Å². The molecule has 0 bridgehead atoms. The minimum Gasteiger partial charge on any atom is -0.448 e. The summed E-state index contributed by atoms with van der Waals surface area (Å²) in [5, 5.41) is 3.20. The van der Waals surface area contributed by atoms with Gasteiger partial charge >= 0.3 is 12.2 Å². The number of benzene rings is 1. The second kappa shape index (κ2) is 9.40. The summed E-state index contributed by atoms with van der Waals surface area (Å²) in [4.78, 5) is 9.77. The van der Waals surface area contributed by atoms with Gasteiger partial charge in [0.25, 0.3) is 0 Å². The molecule has 0 aliphatic heterocycles. The maximum absolute atomic E-state index is 13.4. The van der Waals surface area contributed by atoms with Gasteiger partial charge in [-0.25, -0.2) is 4.79 Å². The van der Waals surface area contributed by atoms with Crippen LogP contribution in [0.5, 0.6) is 5.75 Å². The average molecular weight is 514 g/mol. The van der Waals surface area contributed by atoms with Gasteiger partial charge in [0.15, 0.2) is 0 Å². The van der Waals surface area contributed by atoms with E-state index in [-0.39, 0.29) is 17.2 Å². The molecule has 1 rings (SSSR count). The van der Waals surface area contributed by atoms with E-state index >= 15 is 0 Å². The number of halogens is 6. The van der Waals surface area contributed by atoms with Crippen LogP contribution in [0.4, 0.5) is 19.3 Å². The summed E-state index contributed by atoms with van der Waals surface area (Å²) in [6.45, 7) is 3.45. The van der Waals surface area contributed by atoms with Gasteiger partial charge in [0.05, 0.1) is 10.5 Å². The Bertz CT molecular complexity index is 568. The first-order valence-electron chi connectivity index (χ1n) is 6.66. The van der Waals surface area contributed by atoms with Crippen molar-refractivity contribution in [2.75, 3.05) is 17.3 Å². The topological polar surface area (TPSA) is 47.6 Å². The molecule has 0 aliphatic carbocycles. The zero-order valence-electron chi connectivity index (χ0n) is 12.7. The molecule has 1 amide bonds. The van der Waals surface area contributed by atoms with Gasteiger partial charge in [-0.15, -0.1) is 0 Å². The lowest BCUT2D eigenvalue weighted by Crippen LogP contribution is -2.32. The highest BCUT2D eigenvalue weighted by Crippen LogP contribution is 2.33. The van der Waals surface area contributed by atoms with E-state index in [4.69, 9.17) is 27.9 Å². The van der Waals surface area contributed by atoms with E-state index in [2.05, 4.69) is 41.9 Å². The van der Waals surface area contributed by atoms with Crippen molar-refractivity contribution in [3.8, 4) is 5.75 Å². The smallest absolute Gasteiger partial charge is 0.428 e. The zero-order chi connectivity index (χ0) is 18.5. The van der Waals surface area contributed by atoms with Gasteiger partial charge in [-0.1, -0.05) is 55.1 Å². The van der Waals surface area contributed by atoms with Gasteiger partial charge in [0.1, 0.15) is 12.4 Å². The lowest BCUT2D eigenvalue weighted by molar-refractivity contribution is -0.163. The molecular weight excluding hydrogens is 499 g/mol. The number of aryl methyl sites for hydroxylation is 2. The number of carbonyl (C=O) groups excluding carboxylic acids is 1. The number of ether oxygens (including phenoxy) is 2. The Morgan fingerprint density at radius 2 is 1.88 bits per heavy atom. The van der Waals surface area contributed by atoms with Crippen LogP contribution in [-0.4, -0.2) is 33.8 Å². The number of rotatable bonds is 7. The Morgan fingerprint density at radius 1 is 1.33 bits per heavy atom. The van der Waals surface area contributed by atoms with Crippen LogP contribution in [0, 0.1) is 13.8 Å². The van der Waals surface area contributed by atoms with Gasteiger partial charge in [-0.2, -0.15) is 8.78 Å². The third kappa shape index (κ3) is 6.54. The van der Waals surface area contributed by atoms with Crippen LogP contribution in [-0.2, 0) is 4.74 Å². The van der Waals surface area contributed by atoms with Crippen molar-refractivity contribution in [1.82, 2.24) is 0 Å². The van der Waals surface area contributed by atoms with Crippen LogP contribution in [0.15, 0.2) is 12.1 Å². The third-order valence-electron chi connectivity index (χ3n) is 2.80. The van der Waals surface area contributed by atoms with Crippen LogP contribution < -0.4 is 10.1 Å². The molecule has 0 saturated carbocycles. The van der Waals surface area contributed by atoms with Crippen LogP contribution in [0.2, 0.25) is 0 Å². The van der Waals surface area contributed by atoms with Crippen LogP contribution in [0.25, 0.3) is 0 Å². The van der Waals surface area contributed by atoms with Gasteiger partial charge in [-0.05, 0) is 37.1 Å². The fourth-order valence-electron chi connectivity index (χ4n) is 1.73. The molecule has 1 aromatic carbocycles. The van der Waals surface area contributed by atoms with Gasteiger partial charge in [0.2, 0.25) is 4.84 Å². The van der Waals surface area contributed by atoms with Crippen molar-refractivity contribution >= 4 is 66.8 Å². The minimum atomic E-state index is -3.73. The summed E-state index contributed by atoms with van der Waals surface area (Å²) >= 11 is 16.9. The van der Waals surface area contributed by atoms with Crippen molar-refractivity contribution < 1.29 is 23.0 Å². The normalized spacial score (nSPS) is 12.9. The Balaban J connectivity index is 2.83. The molecule has 0 saturated heterocycles. The standard InChI is InChI=1S/C14H15Br2Cl2F2NO3/c1-7-3-10(24-14(19,20)12(17)18)4-8(2)11(7)21-13(22)23-6-9(16)5-15/h3-4,9,12H,5-6H2,1-2H3,(H,21,22). The van der Waals surface area contributed by atoms with Crippen LogP contribution >= 0.6 is 55.1 Å². The van der Waals surface area contributed by atoms with Crippen molar-refractivity contribution in [1.29, 1.82) is 0 Å². The average Bonchev–Trinajstić information content (AvgIpc) is 2.47. The molecule has 136 valence electrons. The highest BCUT2D eigenvalue weighted by Gasteiger charge is 2.40. The summed E-state index contributed by atoms with van der Waals surface area (Å²) in [5.74, 6) is -0.111. The third-order valence-corrected chi connectivity index (χ3v) is 5.55. The second-order valence-electron chi connectivity index (χ2n) is 4.87. The predicted octanol–water partition coefficient (Wildman–Crippen LogP) is 5.79. The van der Waals surface area contributed by atoms with Gasteiger partial charge in [-0.3, -0.25) is 5.32 Å². The molecule has 0 aliphatic rings. The zero-order valence-corrected chi connectivity index (χ0v) is 17.4. The highest BCUT2D eigenvalue weighted by atomic mass is 79.9. The van der Waals surface area contributed by atoms with Gasteiger partial charge < -0.3 is 9.47 Å². The summed E-state index contributed by atoms with van der Waals surface area (Å²) in [5.41, 5.74) is 1.50. The molecule has 24 heavy (non-hydrogen) atoms. The summed E-state index contributed by atoms with van der Waals surface area (Å²) in [6, 6.07) is 2.69. The number of hydrogen-bond acceptors (Lipinski definition) is 3. The quantitative estimate of drug-likeness (QED) is 0.470. The van der Waals surface area contributed by atoms with E-state index in [1.807, 2.05) is 0 Å². The molecule has 0 aromatic heterocycles. The number of carbonyl (C=O) groups is 1. The van der Waals surface area contributed by atoms with Crippen LogP contribution in [0.3, 0.4) is 0 Å². The maximum Gasteiger partial charge on any atom is 0.428 e. The Morgan fingerprint density at radius 3 is 2.33 bits per heavy atom. The molecule has 10 heteroatoms. The monoisotopic (exact) mass is 511 g/mol. The highest BCUT2D eigenvalue weighted by molar-refractivity contribution is 9.12. The Labute approximate surface area is 165 Å². The molecule has 1 atom stereocenters. The predicted molar refractivity (Wildman–Crippen MR) is 98.5 cm³/mol. The maximum atomic E-state index is 13.4. The molecule has 0 fully saturated rings. The van der Waals surface area contributed by atoms with Crippen molar-refractivity contribution in [2.45, 2.75) is 29.6 Å². The van der Waals surface area contributed by atoms with Crippen LogP contribution in [0.1, 0.15) is 11.1 Å². The number of alkyl halides is 6. The molecule has 0 spiro atoms. The molecule has 1 N–H and O–H groups in total. The molecule has 4 nitrogen and oxygen atoms in total. The van der Waals surface area contributed by atoms with Crippen molar-refractivity contribution in [3.63, 3.8) is 0 Å². The van der Waals surface area contributed by atoms with E-state index in [0.29, 0.717) is 22.1 Å². The van der Waals surface area contributed by atoms with Crippen molar-refractivity contribution in [2.24, 2.45) is 0 Å². The summed E-state index contributed by atoms with van der Waals surface area (Å²) in [7, 11) is 0. The largest absolute Gasteiger partial charge is 0.448 e. The number of nitrogens with one attached hydrogen (secondary N) is 1. The number of hydrogen-bond donors (Lipinski definition) is 1.